The van der Waals surface area contributed by atoms with Crippen LogP contribution in [-0.4, -0.2) is 29.3 Å². The molecule has 2 fully saturated rings. The molecule has 2 amide bonds. The van der Waals surface area contributed by atoms with Crippen molar-refractivity contribution in [3.8, 4) is 0 Å². The highest BCUT2D eigenvalue weighted by Gasteiger charge is 2.48. The summed E-state index contributed by atoms with van der Waals surface area (Å²) >= 11 is 6.36. The number of halogens is 1. The first-order valence-electron chi connectivity index (χ1n) is 13.4. The number of rotatable bonds is 4. The lowest BCUT2D eigenvalue weighted by atomic mass is 9.79. The van der Waals surface area contributed by atoms with Crippen molar-refractivity contribution in [2.45, 2.75) is 50.2 Å². The summed E-state index contributed by atoms with van der Waals surface area (Å²) in [5, 5.41) is 7.68. The molecule has 3 aromatic rings. The van der Waals surface area contributed by atoms with Gasteiger partial charge >= 0.3 is 0 Å². The van der Waals surface area contributed by atoms with Gasteiger partial charge in [-0.15, -0.1) is 0 Å². The van der Waals surface area contributed by atoms with Crippen molar-refractivity contribution in [1.82, 2.24) is 10.2 Å². The van der Waals surface area contributed by atoms with Crippen LogP contribution < -0.4 is 10.6 Å². The van der Waals surface area contributed by atoms with E-state index in [1.54, 1.807) is 0 Å². The van der Waals surface area contributed by atoms with Crippen molar-refractivity contribution in [2.24, 2.45) is 11.8 Å². The maximum Gasteiger partial charge on any atom is 0.251 e. The summed E-state index contributed by atoms with van der Waals surface area (Å²) in [6.07, 6.45) is 4.60. The van der Waals surface area contributed by atoms with Crippen molar-refractivity contribution in [3.05, 3.63) is 101 Å². The van der Waals surface area contributed by atoms with E-state index < -0.39 is 0 Å². The first-order chi connectivity index (χ1) is 18.1. The number of benzene rings is 3. The molecule has 2 heterocycles. The number of nitrogens with zero attached hydrogens (tertiary/aromatic N) is 1. The van der Waals surface area contributed by atoms with Gasteiger partial charge in [-0.25, -0.2) is 0 Å². The van der Waals surface area contributed by atoms with Crippen LogP contribution in [0, 0.1) is 11.8 Å². The third kappa shape index (κ3) is 4.61. The van der Waals surface area contributed by atoms with Gasteiger partial charge in [0.2, 0.25) is 5.91 Å². The van der Waals surface area contributed by atoms with Gasteiger partial charge in [0.1, 0.15) is 0 Å². The number of amides is 2. The molecule has 5 atom stereocenters. The largest absolute Gasteiger partial charge is 0.378 e. The summed E-state index contributed by atoms with van der Waals surface area (Å²) in [7, 11) is 0. The third-order valence-electron chi connectivity index (χ3n) is 8.39. The molecule has 2 aliphatic heterocycles. The lowest BCUT2D eigenvalue weighted by Crippen LogP contribution is -2.50. The van der Waals surface area contributed by atoms with Crippen LogP contribution in [0.1, 0.15) is 65.7 Å². The number of fused-ring (bicyclic) bond motifs is 3. The summed E-state index contributed by atoms with van der Waals surface area (Å²) in [6, 6.07) is 25.6. The monoisotopic (exact) mass is 513 g/mol. The van der Waals surface area contributed by atoms with Gasteiger partial charge in [0, 0.05) is 34.8 Å². The maximum atomic E-state index is 14.2. The van der Waals surface area contributed by atoms with Crippen molar-refractivity contribution in [2.75, 3.05) is 11.9 Å². The van der Waals surface area contributed by atoms with E-state index >= 15 is 0 Å². The van der Waals surface area contributed by atoms with Gasteiger partial charge in [-0.05, 0) is 60.7 Å². The number of carbonyl (C=O) groups is 2. The fraction of sp³-hybridized carbons (Fsp3) is 0.355. The zero-order valence-electron chi connectivity index (χ0n) is 20.8. The Morgan fingerprint density at radius 2 is 1.68 bits per heavy atom. The SMILES string of the molecule is O=C(N[C@@H]1CCCC[C@@H]1C(=O)N1CCC2C(c3cccc(Cl)c3)Nc3ccccc3[C@@H]21)c1ccccc1. The Morgan fingerprint density at radius 1 is 0.892 bits per heavy atom. The molecule has 2 N–H and O–H groups in total. The minimum atomic E-state index is -0.202. The highest BCUT2D eigenvalue weighted by Crippen LogP contribution is 2.52. The molecule has 1 aliphatic carbocycles. The van der Waals surface area contributed by atoms with Crippen LogP contribution in [0.4, 0.5) is 5.69 Å². The fourth-order valence-corrected chi connectivity index (χ4v) is 6.85. The number of hydrogen-bond donors (Lipinski definition) is 2. The summed E-state index contributed by atoms with van der Waals surface area (Å²) < 4.78 is 0. The van der Waals surface area contributed by atoms with Crippen molar-refractivity contribution < 1.29 is 9.59 Å². The average Bonchev–Trinajstić information content (AvgIpc) is 3.39. The van der Waals surface area contributed by atoms with E-state index in [4.69, 9.17) is 11.6 Å². The molecule has 0 spiro atoms. The van der Waals surface area contributed by atoms with Gasteiger partial charge in [-0.1, -0.05) is 73.0 Å². The van der Waals surface area contributed by atoms with Gasteiger partial charge in [0.25, 0.3) is 5.91 Å². The standard InChI is InChI=1S/C31H32ClN3O2/c32-22-12-8-11-21(19-22)28-25-17-18-35(29(25)23-13-4-6-15-26(23)33-28)31(37)24-14-5-7-16-27(24)34-30(36)20-9-2-1-3-10-20/h1-4,6,8-13,15,19,24-25,27-29,33H,5,7,14,16-18H2,(H,34,36)/t24-,25?,27+,28?,29-/m0/s1. The quantitative estimate of drug-likeness (QED) is 0.425. The number of carbonyl (C=O) groups excluding carboxylic acids is 2. The van der Waals surface area contributed by atoms with E-state index in [1.165, 1.54) is 5.56 Å². The molecule has 2 unspecified atom stereocenters. The molecule has 3 aromatic carbocycles. The van der Waals surface area contributed by atoms with E-state index in [1.807, 2.05) is 54.6 Å². The predicted molar refractivity (Wildman–Crippen MR) is 146 cm³/mol. The summed E-state index contributed by atoms with van der Waals surface area (Å²) in [5.74, 6) is 0.120. The van der Waals surface area contributed by atoms with Crippen molar-refractivity contribution >= 4 is 29.1 Å². The lowest BCUT2D eigenvalue weighted by Gasteiger charge is -2.42. The zero-order chi connectivity index (χ0) is 25.4. The molecule has 3 aliphatic rings. The highest BCUT2D eigenvalue weighted by atomic mass is 35.5. The van der Waals surface area contributed by atoms with Gasteiger partial charge in [-0.3, -0.25) is 9.59 Å². The van der Waals surface area contributed by atoms with Crippen LogP contribution in [0.3, 0.4) is 0 Å². The molecule has 1 saturated heterocycles. The van der Waals surface area contributed by atoms with Gasteiger partial charge in [0.15, 0.2) is 0 Å². The topological polar surface area (TPSA) is 61.4 Å². The number of nitrogens with one attached hydrogen (secondary N) is 2. The molecule has 5 nitrogen and oxygen atoms in total. The molecule has 6 rings (SSSR count). The minimum Gasteiger partial charge on any atom is -0.378 e. The molecule has 6 heteroatoms. The minimum absolute atomic E-state index is 0.00123. The Bertz CT molecular complexity index is 1300. The number of likely N-dealkylation sites (tertiary alicyclic amines) is 1. The number of anilines is 1. The molecule has 0 aromatic heterocycles. The maximum absolute atomic E-state index is 14.2. The third-order valence-corrected chi connectivity index (χ3v) is 8.62. The molecule has 0 bridgehead atoms. The van der Waals surface area contributed by atoms with Crippen molar-refractivity contribution in [1.29, 1.82) is 0 Å². The Morgan fingerprint density at radius 3 is 2.51 bits per heavy atom. The molecule has 37 heavy (non-hydrogen) atoms. The van der Waals surface area contributed by atoms with E-state index in [9.17, 15) is 9.59 Å². The Hall–Kier alpha value is -3.31. The first kappa shape index (κ1) is 24.1. The van der Waals surface area contributed by atoms with Crippen molar-refractivity contribution in [3.63, 3.8) is 0 Å². The molecule has 190 valence electrons. The van der Waals surface area contributed by atoms with E-state index in [-0.39, 0.29) is 41.8 Å². The fourth-order valence-electron chi connectivity index (χ4n) is 6.66. The second kappa shape index (κ2) is 10.2. The Kier molecular flexibility index (Phi) is 6.64. The van der Waals surface area contributed by atoms with Crippen LogP contribution in [0.5, 0.6) is 0 Å². The van der Waals surface area contributed by atoms with Gasteiger partial charge < -0.3 is 15.5 Å². The van der Waals surface area contributed by atoms with Crippen LogP contribution in [-0.2, 0) is 4.79 Å². The van der Waals surface area contributed by atoms with Crippen LogP contribution in [0.15, 0.2) is 78.9 Å². The second-order valence-corrected chi connectivity index (χ2v) is 11.0. The zero-order valence-corrected chi connectivity index (χ0v) is 21.5. The first-order valence-corrected chi connectivity index (χ1v) is 13.8. The molecule has 1 saturated carbocycles. The van der Waals surface area contributed by atoms with Gasteiger partial charge in [0.05, 0.1) is 18.0 Å². The molecular formula is C31H32ClN3O2. The molecular weight excluding hydrogens is 482 g/mol. The number of hydrogen-bond acceptors (Lipinski definition) is 3. The predicted octanol–water partition coefficient (Wildman–Crippen LogP) is 6.39. The van der Waals surface area contributed by atoms with Crippen LogP contribution >= 0.6 is 11.6 Å². The van der Waals surface area contributed by atoms with Crippen LogP contribution in [0.25, 0.3) is 0 Å². The average molecular weight is 514 g/mol. The van der Waals surface area contributed by atoms with Gasteiger partial charge in [-0.2, -0.15) is 0 Å². The Balaban J connectivity index is 1.28. The van der Waals surface area contributed by atoms with E-state index in [0.29, 0.717) is 5.56 Å². The normalized spacial score (nSPS) is 26.5. The molecule has 0 radical (unpaired) electrons. The second-order valence-electron chi connectivity index (χ2n) is 10.5. The lowest BCUT2D eigenvalue weighted by molar-refractivity contribution is -0.138. The van der Waals surface area contributed by atoms with E-state index in [2.05, 4.69) is 39.8 Å². The number of para-hydroxylation sites is 1. The summed E-state index contributed by atoms with van der Waals surface area (Å²) in [4.78, 5) is 29.3. The highest BCUT2D eigenvalue weighted by molar-refractivity contribution is 6.30. The summed E-state index contributed by atoms with van der Waals surface area (Å²) in [5.41, 5.74) is 4.04. The van der Waals surface area contributed by atoms with E-state index in [0.717, 1.165) is 54.9 Å². The van der Waals surface area contributed by atoms with Crippen LogP contribution in [0.2, 0.25) is 5.02 Å². The smallest absolute Gasteiger partial charge is 0.251 e. The Labute approximate surface area is 223 Å². The summed E-state index contributed by atoms with van der Waals surface area (Å²) in [6.45, 7) is 0.719.